The Morgan fingerprint density at radius 3 is 1.46 bits per heavy atom. The molecule has 0 unspecified atom stereocenters. The van der Waals surface area contributed by atoms with Crippen molar-refractivity contribution >= 4 is 11.1 Å². The lowest BCUT2D eigenvalue weighted by Gasteiger charge is -2.17. The molecule has 3 aromatic carbocycles. The van der Waals surface area contributed by atoms with Crippen LogP contribution >= 0.6 is 0 Å². The van der Waals surface area contributed by atoms with Crippen LogP contribution < -0.4 is 0 Å². The summed E-state index contributed by atoms with van der Waals surface area (Å²) >= 11 is 0. The molecule has 3 rings (SSSR count). The Hall–Kier alpha value is -2.60. The molecule has 3 aromatic rings. The highest BCUT2D eigenvalue weighted by Crippen LogP contribution is 2.35. The van der Waals surface area contributed by atoms with Crippen LogP contribution in [-0.4, -0.2) is 0 Å². The van der Waals surface area contributed by atoms with E-state index in [4.69, 9.17) is 0 Å². The van der Waals surface area contributed by atoms with Crippen LogP contribution in [0, 0.1) is 0 Å². The van der Waals surface area contributed by atoms with Gasteiger partial charge in [-0.25, -0.2) is 0 Å². The molecular formula is C26H28. The maximum absolute atomic E-state index is 2.27. The summed E-state index contributed by atoms with van der Waals surface area (Å²) in [7, 11) is 0. The van der Waals surface area contributed by atoms with Gasteiger partial charge in [-0.15, -0.1) is 0 Å². The van der Waals surface area contributed by atoms with E-state index in [-0.39, 0.29) is 0 Å². The van der Waals surface area contributed by atoms with Gasteiger partial charge in [0.25, 0.3) is 0 Å². The molecule has 0 aliphatic heterocycles. The van der Waals surface area contributed by atoms with E-state index in [1.165, 1.54) is 53.5 Å². The maximum atomic E-state index is 2.27. The second-order valence-corrected chi connectivity index (χ2v) is 6.76. The minimum atomic E-state index is 1.11. The first-order valence-corrected chi connectivity index (χ1v) is 9.79. The fraction of sp³-hybridized carbons (Fsp3) is 0.231. The molecule has 0 aliphatic carbocycles. The highest BCUT2D eigenvalue weighted by Gasteiger charge is 2.13. The van der Waals surface area contributed by atoms with Crippen LogP contribution in [0.3, 0.4) is 0 Å². The Bertz CT molecular complexity index is 757. The Morgan fingerprint density at radius 2 is 1.00 bits per heavy atom. The largest absolute Gasteiger partial charge is 0.0654 e. The Morgan fingerprint density at radius 1 is 0.538 bits per heavy atom. The molecule has 0 atom stereocenters. The molecule has 0 heteroatoms. The molecule has 0 aliphatic rings. The van der Waals surface area contributed by atoms with Gasteiger partial charge in [-0.05, 0) is 40.7 Å². The number of hydrogen-bond donors (Lipinski definition) is 0. The molecule has 0 saturated carbocycles. The molecular weight excluding hydrogens is 312 g/mol. The van der Waals surface area contributed by atoms with E-state index in [0.717, 1.165) is 6.42 Å². The van der Waals surface area contributed by atoms with Gasteiger partial charge in [0.2, 0.25) is 0 Å². The normalized spacial score (nSPS) is 10.5. The maximum Gasteiger partial charge on any atom is -0.00734 e. The minimum Gasteiger partial charge on any atom is -0.0654 e. The van der Waals surface area contributed by atoms with Crippen LogP contribution in [0.2, 0.25) is 0 Å². The molecule has 26 heavy (non-hydrogen) atoms. The number of unbranched alkanes of at least 4 members (excludes halogenated alkanes) is 3. The first kappa shape index (κ1) is 18.2. The van der Waals surface area contributed by atoms with E-state index >= 15 is 0 Å². The molecule has 0 aromatic heterocycles. The van der Waals surface area contributed by atoms with Gasteiger partial charge in [0, 0.05) is 0 Å². The fourth-order valence-corrected chi connectivity index (χ4v) is 3.51. The lowest BCUT2D eigenvalue weighted by molar-refractivity contribution is 0.679. The van der Waals surface area contributed by atoms with Crippen LogP contribution in [0.4, 0.5) is 0 Å². The predicted molar refractivity (Wildman–Crippen MR) is 114 cm³/mol. The first-order chi connectivity index (χ1) is 12.9. The Kier molecular flexibility index (Phi) is 6.84. The molecule has 0 amide bonds. The standard InChI is InChI=1S/C26H28/c1-2-3-4-14-21-25(22-15-8-5-9-16-22)26(23-17-10-6-11-18-23)24-19-12-7-13-20-24/h5-13,15-20H,2-4,14,21H2,1H3. The SMILES string of the molecule is CCCCCCC(=C(c1ccccc1)c1ccccc1)c1ccccc1. The van der Waals surface area contributed by atoms with Crippen molar-refractivity contribution in [3.8, 4) is 0 Å². The van der Waals surface area contributed by atoms with E-state index in [1.54, 1.807) is 0 Å². The van der Waals surface area contributed by atoms with E-state index in [9.17, 15) is 0 Å². The van der Waals surface area contributed by atoms with Gasteiger partial charge in [-0.2, -0.15) is 0 Å². The predicted octanol–water partition coefficient (Wildman–Crippen LogP) is 7.62. The highest BCUT2D eigenvalue weighted by atomic mass is 14.2. The number of benzene rings is 3. The third-order valence-electron chi connectivity index (χ3n) is 4.83. The molecule has 0 nitrogen and oxygen atoms in total. The van der Waals surface area contributed by atoms with Crippen molar-refractivity contribution < 1.29 is 0 Å². The van der Waals surface area contributed by atoms with Crippen molar-refractivity contribution in [2.24, 2.45) is 0 Å². The van der Waals surface area contributed by atoms with Crippen LogP contribution in [0.1, 0.15) is 55.7 Å². The van der Waals surface area contributed by atoms with Gasteiger partial charge in [-0.1, -0.05) is 117 Å². The summed E-state index contributed by atoms with van der Waals surface area (Å²) in [6, 6.07) is 32.6. The zero-order chi connectivity index (χ0) is 18.0. The van der Waals surface area contributed by atoms with Gasteiger partial charge in [-0.3, -0.25) is 0 Å². The van der Waals surface area contributed by atoms with Crippen molar-refractivity contribution in [3.05, 3.63) is 108 Å². The average Bonchev–Trinajstić information content (AvgIpc) is 2.72. The van der Waals surface area contributed by atoms with Gasteiger partial charge < -0.3 is 0 Å². The van der Waals surface area contributed by atoms with Gasteiger partial charge >= 0.3 is 0 Å². The minimum absolute atomic E-state index is 1.11. The quantitative estimate of drug-likeness (QED) is 0.292. The summed E-state index contributed by atoms with van der Waals surface area (Å²) in [5.41, 5.74) is 6.76. The van der Waals surface area contributed by atoms with E-state index in [1.807, 2.05) is 0 Å². The molecule has 0 radical (unpaired) electrons. The summed E-state index contributed by atoms with van der Waals surface area (Å²) in [5.74, 6) is 0. The lowest BCUT2D eigenvalue weighted by atomic mass is 9.87. The summed E-state index contributed by atoms with van der Waals surface area (Å²) in [4.78, 5) is 0. The van der Waals surface area contributed by atoms with E-state index < -0.39 is 0 Å². The number of allylic oxidation sites excluding steroid dienone is 1. The van der Waals surface area contributed by atoms with Crippen LogP contribution in [-0.2, 0) is 0 Å². The summed E-state index contributed by atoms with van der Waals surface area (Å²) in [6.45, 7) is 2.27. The van der Waals surface area contributed by atoms with Gasteiger partial charge in [0.15, 0.2) is 0 Å². The average molecular weight is 341 g/mol. The van der Waals surface area contributed by atoms with Crippen LogP contribution in [0.15, 0.2) is 91.0 Å². The topological polar surface area (TPSA) is 0 Å². The van der Waals surface area contributed by atoms with Crippen LogP contribution in [0.5, 0.6) is 0 Å². The second-order valence-electron chi connectivity index (χ2n) is 6.76. The van der Waals surface area contributed by atoms with Gasteiger partial charge in [0.1, 0.15) is 0 Å². The van der Waals surface area contributed by atoms with Crippen molar-refractivity contribution in [3.63, 3.8) is 0 Å². The van der Waals surface area contributed by atoms with E-state index in [2.05, 4.69) is 97.9 Å². The molecule has 0 saturated heterocycles. The van der Waals surface area contributed by atoms with E-state index in [0.29, 0.717) is 0 Å². The summed E-state index contributed by atoms with van der Waals surface area (Å²) in [5, 5.41) is 0. The zero-order valence-corrected chi connectivity index (χ0v) is 15.7. The molecule has 0 spiro atoms. The molecule has 0 N–H and O–H groups in total. The molecule has 0 heterocycles. The second kappa shape index (κ2) is 9.77. The third-order valence-corrected chi connectivity index (χ3v) is 4.83. The zero-order valence-electron chi connectivity index (χ0n) is 15.7. The lowest BCUT2D eigenvalue weighted by Crippen LogP contribution is -1.96. The first-order valence-electron chi connectivity index (χ1n) is 9.79. The van der Waals surface area contributed by atoms with Crippen molar-refractivity contribution in [1.82, 2.24) is 0 Å². The van der Waals surface area contributed by atoms with Crippen molar-refractivity contribution in [2.75, 3.05) is 0 Å². The monoisotopic (exact) mass is 340 g/mol. The van der Waals surface area contributed by atoms with Crippen LogP contribution in [0.25, 0.3) is 11.1 Å². The highest BCUT2D eigenvalue weighted by molar-refractivity contribution is 5.98. The fourth-order valence-electron chi connectivity index (χ4n) is 3.51. The number of rotatable bonds is 8. The molecule has 0 fully saturated rings. The Labute approximate surface area is 158 Å². The van der Waals surface area contributed by atoms with Crippen molar-refractivity contribution in [2.45, 2.75) is 39.0 Å². The summed E-state index contributed by atoms with van der Waals surface area (Å²) < 4.78 is 0. The smallest absolute Gasteiger partial charge is 0.00734 e. The van der Waals surface area contributed by atoms with Crippen molar-refractivity contribution in [1.29, 1.82) is 0 Å². The Balaban J connectivity index is 2.12. The number of hydrogen-bond acceptors (Lipinski definition) is 0. The van der Waals surface area contributed by atoms with Gasteiger partial charge in [0.05, 0.1) is 0 Å². The summed E-state index contributed by atoms with van der Waals surface area (Å²) in [6.07, 6.45) is 6.23. The molecule has 0 bridgehead atoms. The molecule has 132 valence electrons. The third kappa shape index (κ3) is 4.73.